The SMILES string of the molecule is C=C(C=N/C(ONNC1CCOCC1)=C(/C)CC)C(N)=C(C)C(=NC)Nc1ccccc1. The van der Waals surface area contributed by atoms with Gasteiger partial charge in [0.25, 0.3) is 0 Å². The van der Waals surface area contributed by atoms with Gasteiger partial charge in [-0.3, -0.25) is 4.99 Å². The molecule has 32 heavy (non-hydrogen) atoms. The highest BCUT2D eigenvalue weighted by Gasteiger charge is 2.13. The van der Waals surface area contributed by atoms with Gasteiger partial charge in [0.2, 0.25) is 5.88 Å². The van der Waals surface area contributed by atoms with Crippen LogP contribution in [0.25, 0.3) is 0 Å². The Bertz CT molecular complexity index is 868. The maximum absolute atomic E-state index is 6.35. The highest BCUT2D eigenvalue weighted by Crippen LogP contribution is 2.14. The lowest BCUT2D eigenvalue weighted by molar-refractivity contribution is 0.0201. The molecule has 8 nitrogen and oxygen atoms in total. The molecule has 1 saturated heterocycles. The molecule has 1 heterocycles. The molecule has 1 aromatic carbocycles. The van der Waals surface area contributed by atoms with Crippen LogP contribution >= 0.6 is 0 Å². The number of nitrogens with zero attached hydrogens (tertiary/aromatic N) is 2. The van der Waals surface area contributed by atoms with Crippen molar-refractivity contribution in [1.82, 2.24) is 11.0 Å². The summed E-state index contributed by atoms with van der Waals surface area (Å²) in [5, 5.41) is 3.28. The van der Waals surface area contributed by atoms with E-state index in [1.807, 2.05) is 51.1 Å². The van der Waals surface area contributed by atoms with Crippen molar-refractivity contribution in [1.29, 1.82) is 0 Å². The van der Waals surface area contributed by atoms with Crippen molar-refractivity contribution in [2.24, 2.45) is 15.7 Å². The molecular formula is C24H36N6O2. The van der Waals surface area contributed by atoms with E-state index in [9.17, 15) is 0 Å². The normalized spacial score (nSPS) is 17.1. The maximum Gasteiger partial charge on any atom is 0.238 e. The van der Waals surface area contributed by atoms with E-state index in [2.05, 4.69) is 32.9 Å². The summed E-state index contributed by atoms with van der Waals surface area (Å²) in [5.74, 6) is 1.15. The van der Waals surface area contributed by atoms with E-state index in [0.29, 0.717) is 29.0 Å². The molecule has 0 amide bonds. The van der Waals surface area contributed by atoms with Crippen molar-refractivity contribution >= 4 is 17.7 Å². The van der Waals surface area contributed by atoms with Gasteiger partial charge in [0, 0.05) is 55.0 Å². The molecule has 0 radical (unpaired) electrons. The highest BCUT2D eigenvalue weighted by molar-refractivity contribution is 6.09. The molecule has 0 aliphatic carbocycles. The van der Waals surface area contributed by atoms with Crippen LogP contribution in [0, 0.1) is 0 Å². The van der Waals surface area contributed by atoms with E-state index in [1.165, 1.54) is 0 Å². The maximum atomic E-state index is 6.35. The lowest BCUT2D eigenvalue weighted by Gasteiger charge is -2.23. The molecule has 1 aliphatic heterocycles. The lowest BCUT2D eigenvalue weighted by Crippen LogP contribution is -2.43. The number of aliphatic imine (C=N–C) groups is 2. The number of hydrogen-bond acceptors (Lipinski definition) is 7. The first-order valence-corrected chi connectivity index (χ1v) is 10.9. The number of hydrogen-bond donors (Lipinski definition) is 4. The van der Waals surface area contributed by atoms with Crippen molar-refractivity contribution in [2.75, 3.05) is 25.6 Å². The van der Waals surface area contributed by atoms with Crippen molar-refractivity contribution in [2.45, 2.75) is 46.1 Å². The summed E-state index contributed by atoms with van der Waals surface area (Å²) >= 11 is 0. The number of anilines is 1. The lowest BCUT2D eigenvalue weighted by atomic mass is 10.1. The minimum atomic E-state index is 0.302. The summed E-state index contributed by atoms with van der Waals surface area (Å²) in [7, 11) is 1.72. The first-order chi connectivity index (χ1) is 15.5. The molecule has 2 rings (SSSR count). The van der Waals surface area contributed by atoms with Crippen LogP contribution in [0.15, 0.2) is 75.2 Å². The third kappa shape index (κ3) is 7.96. The fraction of sp³-hybridized carbons (Fsp3) is 0.417. The van der Waals surface area contributed by atoms with Crippen LogP contribution < -0.4 is 22.1 Å². The monoisotopic (exact) mass is 440 g/mol. The van der Waals surface area contributed by atoms with E-state index < -0.39 is 0 Å². The van der Waals surface area contributed by atoms with Crippen molar-refractivity contribution in [3.8, 4) is 0 Å². The summed E-state index contributed by atoms with van der Waals surface area (Å²) in [6.45, 7) is 11.5. The minimum Gasteiger partial charge on any atom is -0.398 e. The summed E-state index contributed by atoms with van der Waals surface area (Å²) in [4.78, 5) is 14.5. The van der Waals surface area contributed by atoms with Crippen LogP contribution in [0.2, 0.25) is 0 Å². The Morgan fingerprint density at radius 1 is 1.25 bits per heavy atom. The summed E-state index contributed by atoms with van der Waals surface area (Å²) in [6.07, 6.45) is 4.28. The van der Waals surface area contributed by atoms with Gasteiger partial charge in [-0.05, 0) is 50.8 Å². The van der Waals surface area contributed by atoms with Crippen molar-refractivity contribution in [3.63, 3.8) is 0 Å². The minimum absolute atomic E-state index is 0.302. The fourth-order valence-electron chi connectivity index (χ4n) is 2.93. The van der Waals surface area contributed by atoms with Gasteiger partial charge in [-0.1, -0.05) is 37.3 Å². The Balaban J connectivity index is 2.03. The summed E-state index contributed by atoms with van der Waals surface area (Å²) < 4.78 is 5.37. The predicted octanol–water partition coefficient (Wildman–Crippen LogP) is 3.83. The fourth-order valence-corrected chi connectivity index (χ4v) is 2.93. The van der Waals surface area contributed by atoms with E-state index in [0.717, 1.165) is 49.3 Å². The second-order valence-electron chi connectivity index (χ2n) is 7.56. The number of nitrogens with one attached hydrogen (secondary N) is 3. The summed E-state index contributed by atoms with van der Waals surface area (Å²) in [5.41, 5.74) is 16.1. The molecule has 0 unspecified atom stereocenters. The first kappa shape index (κ1) is 25.3. The summed E-state index contributed by atoms with van der Waals surface area (Å²) in [6, 6.07) is 10.1. The van der Waals surface area contributed by atoms with Gasteiger partial charge in [0.1, 0.15) is 5.84 Å². The number of ether oxygens (including phenoxy) is 1. The van der Waals surface area contributed by atoms with E-state index >= 15 is 0 Å². The van der Waals surface area contributed by atoms with Gasteiger partial charge < -0.3 is 20.6 Å². The molecular weight excluding hydrogens is 404 g/mol. The Labute approximate surface area is 191 Å². The van der Waals surface area contributed by atoms with Crippen molar-refractivity contribution in [3.05, 3.63) is 65.2 Å². The van der Waals surface area contributed by atoms with Crippen LogP contribution in [-0.2, 0) is 9.57 Å². The zero-order chi connectivity index (χ0) is 23.3. The zero-order valence-corrected chi connectivity index (χ0v) is 19.6. The van der Waals surface area contributed by atoms with Gasteiger partial charge >= 0.3 is 0 Å². The van der Waals surface area contributed by atoms with Gasteiger partial charge in [-0.2, -0.15) is 0 Å². The van der Waals surface area contributed by atoms with E-state index in [4.69, 9.17) is 15.3 Å². The first-order valence-electron chi connectivity index (χ1n) is 10.9. The van der Waals surface area contributed by atoms with Crippen LogP contribution in [0.1, 0.15) is 40.0 Å². The molecule has 0 aromatic heterocycles. The average molecular weight is 441 g/mol. The number of hydrazine groups is 1. The second kappa shape index (κ2) is 13.5. The molecule has 1 fully saturated rings. The average Bonchev–Trinajstić information content (AvgIpc) is 2.84. The van der Waals surface area contributed by atoms with Crippen LogP contribution in [-0.4, -0.2) is 38.4 Å². The van der Waals surface area contributed by atoms with E-state index in [1.54, 1.807) is 13.3 Å². The molecule has 174 valence electrons. The largest absolute Gasteiger partial charge is 0.398 e. The number of allylic oxidation sites excluding steroid dienone is 2. The molecule has 0 bridgehead atoms. The third-order valence-corrected chi connectivity index (χ3v) is 5.23. The van der Waals surface area contributed by atoms with Gasteiger partial charge in [-0.15, -0.1) is 0 Å². The third-order valence-electron chi connectivity index (χ3n) is 5.23. The number of nitrogens with two attached hydrogens (primary N) is 1. The Morgan fingerprint density at radius 3 is 2.56 bits per heavy atom. The number of benzene rings is 1. The van der Waals surface area contributed by atoms with Gasteiger partial charge in [-0.25, -0.2) is 10.4 Å². The molecule has 1 aliphatic rings. The molecule has 0 atom stereocenters. The molecule has 5 N–H and O–H groups in total. The number of rotatable bonds is 10. The van der Waals surface area contributed by atoms with Crippen LogP contribution in [0.4, 0.5) is 5.69 Å². The highest BCUT2D eigenvalue weighted by atomic mass is 16.7. The van der Waals surface area contributed by atoms with Gasteiger partial charge in [0.15, 0.2) is 0 Å². The van der Waals surface area contributed by atoms with Crippen molar-refractivity contribution < 1.29 is 9.57 Å². The van der Waals surface area contributed by atoms with Crippen LogP contribution in [0.3, 0.4) is 0 Å². The van der Waals surface area contributed by atoms with E-state index in [-0.39, 0.29) is 0 Å². The Kier molecular flexibility index (Phi) is 10.7. The Morgan fingerprint density at radius 2 is 1.94 bits per heavy atom. The quantitative estimate of drug-likeness (QED) is 0.145. The number of para-hydroxylation sites is 1. The number of amidine groups is 1. The zero-order valence-electron chi connectivity index (χ0n) is 19.6. The molecule has 1 aromatic rings. The second-order valence-corrected chi connectivity index (χ2v) is 7.56. The Hall–Kier alpha value is -2.94. The molecule has 0 spiro atoms. The van der Waals surface area contributed by atoms with Crippen LogP contribution in [0.5, 0.6) is 0 Å². The standard InChI is InChI=1S/C24H36N6O2/c1-6-17(2)24(32-30-29-21-12-14-31-15-13-21)27-16-18(3)22(25)19(4)23(26-5)28-20-10-8-7-9-11-20/h7-11,16,21,29-30H,3,6,12-15,25H2,1-2,4-5H3,(H,26,28)/b22-19?,24-17+,27-16?. The molecule has 0 saturated carbocycles. The predicted molar refractivity (Wildman–Crippen MR) is 132 cm³/mol. The molecule has 8 heteroatoms. The van der Waals surface area contributed by atoms with Gasteiger partial charge in [0.05, 0.1) is 0 Å². The topological polar surface area (TPSA) is 105 Å². The smallest absolute Gasteiger partial charge is 0.238 e.